The van der Waals surface area contributed by atoms with Crippen molar-refractivity contribution in [3.63, 3.8) is 0 Å². The van der Waals surface area contributed by atoms with Gasteiger partial charge < -0.3 is 0 Å². The summed E-state index contributed by atoms with van der Waals surface area (Å²) >= 11 is 6.12. The second-order valence-electron chi connectivity index (χ2n) is 4.36. The summed E-state index contributed by atoms with van der Waals surface area (Å²) in [6, 6.07) is 1.78. The van der Waals surface area contributed by atoms with Gasteiger partial charge in [-0.3, -0.25) is 14.2 Å². The van der Waals surface area contributed by atoms with Gasteiger partial charge >= 0.3 is 0 Å². The van der Waals surface area contributed by atoms with Crippen LogP contribution in [0.1, 0.15) is 27.6 Å². The smallest absolute Gasteiger partial charge is 0.189 e. The Morgan fingerprint density at radius 3 is 2.39 bits per heavy atom. The van der Waals surface area contributed by atoms with Gasteiger partial charge in [0.05, 0.1) is 22.8 Å². The monoisotopic (exact) mass is 266 g/mol. The number of hydrogen-bond acceptors (Lipinski definition) is 3. The fraction of sp³-hybridized carbons (Fsp3) is 0.417. The van der Waals surface area contributed by atoms with E-state index in [-0.39, 0.29) is 12.2 Å². The summed E-state index contributed by atoms with van der Waals surface area (Å²) in [4.78, 5) is 12.1. The lowest BCUT2D eigenvalue weighted by atomic mass is 10.1. The van der Waals surface area contributed by atoms with Gasteiger partial charge in [0.1, 0.15) is 5.69 Å². The fourth-order valence-electron chi connectivity index (χ4n) is 1.81. The highest BCUT2D eigenvalue weighted by molar-refractivity contribution is 6.32. The Kier molecular flexibility index (Phi) is 3.26. The van der Waals surface area contributed by atoms with E-state index in [1.54, 1.807) is 22.5 Å². The van der Waals surface area contributed by atoms with Crippen LogP contribution in [0.15, 0.2) is 6.07 Å². The summed E-state index contributed by atoms with van der Waals surface area (Å²) in [6.45, 7) is 3.73. The highest BCUT2D eigenvalue weighted by Crippen LogP contribution is 2.21. The molecule has 0 aromatic carbocycles. The molecular weight excluding hydrogens is 252 g/mol. The summed E-state index contributed by atoms with van der Waals surface area (Å²) in [5, 5.41) is 8.91. The zero-order valence-electron chi connectivity index (χ0n) is 10.9. The molecule has 2 rings (SSSR count). The molecule has 0 amide bonds. The van der Waals surface area contributed by atoms with Crippen molar-refractivity contribution in [2.45, 2.75) is 20.3 Å². The van der Waals surface area contributed by atoms with Crippen LogP contribution in [0.3, 0.4) is 0 Å². The van der Waals surface area contributed by atoms with E-state index in [9.17, 15) is 4.79 Å². The maximum atomic E-state index is 12.1. The normalized spacial score (nSPS) is 10.9. The topological polar surface area (TPSA) is 52.7 Å². The van der Waals surface area contributed by atoms with E-state index >= 15 is 0 Å². The minimum absolute atomic E-state index is 0.0522. The molecule has 0 saturated heterocycles. The SMILES string of the molecule is Cc1nn(C)c(CC(=O)c2cc(C)n(C)n2)c1Cl. The Balaban J connectivity index is 2.26. The second kappa shape index (κ2) is 4.57. The summed E-state index contributed by atoms with van der Waals surface area (Å²) in [5.41, 5.74) is 2.87. The van der Waals surface area contributed by atoms with Gasteiger partial charge in [0.2, 0.25) is 0 Å². The number of rotatable bonds is 3. The predicted octanol–water partition coefficient (Wildman–Crippen LogP) is 1.85. The molecule has 0 fully saturated rings. The first kappa shape index (κ1) is 12.8. The maximum Gasteiger partial charge on any atom is 0.189 e. The molecule has 0 saturated carbocycles. The molecule has 0 aliphatic heterocycles. The van der Waals surface area contributed by atoms with Crippen molar-refractivity contribution in [3.8, 4) is 0 Å². The van der Waals surface area contributed by atoms with Crippen molar-refractivity contribution in [3.05, 3.63) is 33.9 Å². The first-order valence-corrected chi connectivity index (χ1v) is 5.99. The maximum absolute atomic E-state index is 12.1. The minimum atomic E-state index is -0.0522. The predicted molar refractivity (Wildman–Crippen MR) is 68.9 cm³/mol. The number of aryl methyl sites for hydroxylation is 4. The van der Waals surface area contributed by atoms with E-state index in [1.165, 1.54) is 0 Å². The lowest BCUT2D eigenvalue weighted by Gasteiger charge is -2.00. The molecule has 0 radical (unpaired) electrons. The number of Topliss-reactive ketones (excluding diaryl/α,β-unsaturated/α-hetero) is 1. The van der Waals surface area contributed by atoms with Gasteiger partial charge in [-0.15, -0.1) is 0 Å². The number of hydrogen-bond donors (Lipinski definition) is 0. The van der Waals surface area contributed by atoms with Gasteiger partial charge in [0.25, 0.3) is 0 Å². The molecule has 0 atom stereocenters. The molecule has 0 unspecified atom stereocenters. The number of aromatic nitrogens is 4. The van der Waals surface area contributed by atoms with E-state index in [1.807, 2.05) is 20.9 Å². The van der Waals surface area contributed by atoms with Gasteiger partial charge in [-0.2, -0.15) is 10.2 Å². The molecule has 0 bridgehead atoms. The molecule has 0 spiro atoms. The lowest BCUT2D eigenvalue weighted by Crippen LogP contribution is -2.09. The third-order valence-corrected chi connectivity index (χ3v) is 3.48. The summed E-state index contributed by atoms with van der Waals surface area (Å²) in [7, 11) is 3.60. The standard InChI is InChI=1S/C12H15ClN4O/c1-7-5-9(15-16(7)3)11(18)6-10-12(13)8(2)14-17(10)4/h5H,6H2,1-4H3. The van der Waals surface area contributed by atoms with Gasteiger partial charge in [0, 0.05) is 19.8 Å². The number of halogens is 1. The van der Waals surface area contributed by atoms with Crippen molar-refractivity contribution in [1.29, 1.82) is 0 Å². The molecule has 0 aliphatic rings. The van der Waals surface area contributed by atoms with E-state index < -0.39 is 0 Å². The van der Waals surface area contributed by atoms with Crippen molar-refractivity contribution in [2.24, 2.45) is 14.1 Å². The van der Waals surface area contributed by atoms with Crippen LogP contribution >= 0.6 is 11.6 Å². The molecule has 0 aliphatic carbocycles. The lowest BCUT2D eigenvalue weighted by molar-refractivity contribution is 0.0985. The molecule has 6 heteroatoms. The van der Waals surface area contributed by atoms with Crippen LogP contribution in [-0.2, 0) is 20.5 Å². The first-order chi connectivity index (χ1) is 8.40. The molecule has 96 valence electrons. The molecule has 18 heavy (non-hydrogen) atoms. The third kappa shape index (κ3) is 2.18. The van der Waals surface area contributed by atoms with Crippen LogP contribution in [-0.4, -0.2) is 25.3 Å². The van der Waals surface area contributed by atoms with Crippen LogP contribution in [0.5, 0.6) is 0 Å². The molecular formula is C12H15ClN4O. The fourth-order valence-corrected chi connectivity index (χ4v) is 2.04. The van der Waals surface area contributed by atoms with E-state index in [2.05, 4.69) is 10.2 Å². The molecule has 2 heterocycles. The van der Waals surface area contributed by atoms with Gasteiger partial charge in [-0.05, 0) is 19.9 Å². The van der Waals surface area contributed by atoms with E-state index in [0.717, 1.165) is 17.1 Å². The zero-order chi connectivity index (χ0) is 13.4. The minimum Gasteiger partial charge on any atom is -0.292 e. The molecule has 2 aromatic heterocycles. The van der Waals surface area contributed by atoms with Crippen LogP contribution in [0.4, 0.5) is 0 Å². The number of carbonyl (C=O) groups excluding carboxylic acids is 1. The largest absolute Gasteiger partial charge is 0.292 e. The van der Waals surface area contributed by atoms with E-state index in [0.29, 0.717) is 10.7 Å². The molecule has 5 nitrogen and oxygen atoms in total. The van der Waals surface area contributed by atoms with E-state index in [4.69, 9.17) is 11.6 Å². The van der Waals surface area contributed by atoms with Crippen molar-refractivity contribution in [1.82, 2.24) is 19.6 Å². The number of nitrogens with zero attached hydrogens (tertiary/aromatic N) is 4. The van der Waals surface area contributed by atoms with Crippen LogP contribution in [0.25, 0.3) is 0 Å². The van der Waals surface area contributed by atoms with Crippen LogP contribution in [0.2, 0.25) is 5.02 Å². The Bertz CT molecular complexity index is 592. The zero-order valence-corrected chi connectivity index (χ0v) is 11.6. The van der Waals surface area contributed by atoms with Crippen molar-refractivity contribution >= 4 is 17.4 Å². The van der Waals surface area contributed by atoms with Gasteiger partial charge in [-0.1, -0.05) is 11.6 Å². The Morgan fingerprint density at radius 2 is 1.94 bits per heavy atom. The quantitative estimate of drug-likeness (QED) is 0.797. The highest BCUT2D eigenvalue weighted by atomic mass is 35.5. The second-order valence-corrected chi connectivity index (χ2v) is 4.74. The summed E-state index contributed by atoms with van der Waals surface area (Å²) in [5.74, 6) is -0.0522. The highest BCUT2D eigenvalue weighted by Gasteiger charge is 2.18. The van der Waals surface area contributed by atoms with Gasteiger partial charge in [0.15, 0.2) is 5.78 Å². The molecule has 2 aromatic rings. The van der Waals surface area contributed by atoms with Crippen LogP contribution < -0.4 is 0 Å². The molecule has 0 N–H and O–H groups in total. The first-order valence-electron chi connectivity index (χ1n) is 5.62. The Hall–Kier alpha value is -1.62. The van der Waals surface area contributed by atoms with Crippen LogP contribution in [0, 0.1) is 13.8 Å². The van der Waals surface area contributed by atoms with Gasteiger partial charge in [-0.25, -0.2) is 0 Å². The Labute approximate surface area is 110 Å². The summed E-state index contributed by atoms with van der Waals surface area (Å²) in [6.07, 6.45) is 0.215. The average Bonchev–Trinajstić information content (AvgIpc) is 2.75. The number of ketones is 1. The third-order valence-electron chi connectivity index (χ3n) is 2.99. The Morgan fingerprint density at radius 1 is 1.28 bits per heavy atom. The van der Waals surface area contributed by atoms with Crippen molar-refractivity contribution < 1.29 is 4.79 Å². The van der Waals surface area contributed by atoms with Crippen molar-refractivity contribution in [2.75, 3.05) is 0 Å². The number of carbonyl (C=O) groups is 1. The summed E-state index contributed by atoms with van der Waals surface area (Å²) < 4.78 is 3.33. The average molecular weight is 267 g/mol.